The van der Waals surface area contributed by atoms with Gasteiger partial charge in [-0.2, -0.15) is 0 Å². The van der Waals surface area contributed by atoms with Gasteiger partial charge in [-0.25, -0.2) is 17.9 Å². The van der Waals surface area contributed by atoms with Gasteiger partial charge < -0.3 is 15.2 Å². The van der Waals surface area contributed by atoms with Gasteiger partial charge in [0.15, 0.2) is 6.10 Å². The number of carboxylic acids is 1. The first kappa shape index (κ1) is 19.8. The highest BCUT2D eigenvalue weighted by Gasteiger charge is 2.18. The van der Waals surface area contributed by atoms with Gasteiger partial charge in [0.1, 0.15) is 0 Å². The molecule has 0 bridgehead atoms. The van der Waals surface area contributed by atoms with Crippen LogP contribution in [0.2, 0.25) is 0 Å². The maximum atomic E-state index is 12.3. The van der Waals surface area contributed by atoms with Crippen LogP contribution in [0.3, 0.4) is 0 Å². The highest BCUT2D eigenvalue weighted by molar-refractivity contribution is 7.89. The first-order valence-electron chi connectivity index (χ1n) is 7.84. The van der Waals surface area contributed by atoms with Crippen molar-refractivity contribution in [2.24, 2.45) is 0 Å². The molecule has 0 aromatic heterocycles. The molecular weight excluding hydrogens is 360 g/mol. The Hall–Kier alpha value is -2.49. The maximum Gasteiger partial charge on any atom is 0.334 e. The van der Waals surface area contributed by atoms with Gasteiger partial charge in [0, 0.05) is 20.1 Å². The van der Waals surface area contributed by atoms with Crippen molar-refractivity contribution in [3.05, 3.63) is 42.5 Å². The molecule has 1 unspecified atom stereocenters. The Morgan fingerprint density at radius 3 is 2.50 bits per heavy atom. The summed E-state index contributed by atoms with van der Waals surface area (Å²) in [4.78, 5) is 22.6. The van der Waals surface area contributed by atoms with Crippen molar-refractivity contribution in [2.75, 3.05) is 20.2 Å². The molecule has 0 aliphatic carbocycles. The first-order valence-corrected chi connectivity index (χ1v) is 9.32. The van der Waals surface area contributed by atoms with Crippen LogP contribution in [0, 0.1) is 0 Å². The molecule has 0 heterocycles. The highest BCUT2D eigenvalue weighted by atomic mass is 32.2. The van der Waals surface area contributed by atoms with E-state index in [4.69, 9.17) is 5.11 Å². The number of carbonyl (C=O) groups excluding carboxylic acids is 1. The lowest BCUT2D eigenvalue weighted by Gasteiger charge is -2.12. The van der Waals surface area contributed by atoms with E-state index in [1.807, 2.05) is 24.3 Å². The number of benzene rings is 2. The van der Waals surface area contributed by atoms with Crippen molar-refractivity contribution < 1.29 is 27.9 Å². The monoisotopic (exact) mass is 380 g/mol. The minimum absolute atomic E-state index is 0.105. The van der Waals surface area contributed by atoms with Crippen LogP contribution < -0.4 is 10.0 Å². The van der Waals surface area contributed by atoms with Gasteiger partial charge in [0.05, 0.1) is 11.4 Å². The van der Waals surface area contributed by atoms with Crippen LogP contribution in [0.4, 0.5) is 0 Å². The van der Waals surface area contributed by atoms with Crippen molar-refractivity contribution >= 4 is 32.7 Å². The Balaban J connectivity index is 1.89. The second kappa shape index (κ2) is 8.75. The van der Waals surface area contributed by atoms with E-state index in [0.29, 0.717) is 0 Å². The molecule has 2 aromatic rings. The number of hydrogen-bond acceptors (Lipinski definition) is 5. The summed E-state index contributed by atoms with van der Waals surface area (Å²) in [6.07, 6.45) is -1.27. The van der Waals surface area contributed by atoms with Crippen molar-refractivity contribution in [1.29, 1.82) is 0 Å². The minimum atomic E-state index is -3.75. The summed E-state index contributed by atoms with van der Waals surface area (Å²) in [5.41, 5.74) is 0. The molecular formula is C17H20N2O6S. The summed E-state index contributed by atoms with van der Waals surface area (Å²) in [6, 6.07) is 12.2. The number of carbonyl (C=O) groups is 2. The van der Waals surface area contributed by atoms with Crippen molar-refractivity contribution in [2.45, 2.75) is 17.4 Å². The average Bonchev–Trinajstić information content (AvgIpc) is 2.61. The fraction of sp³-hybridized carbons (Fsp3) is 0.294. The number of hydrogen-bond donors (Lipinski definition) is 3. The normalized spacial score (nSPS) is 12.7. The topological polar surface area (TPSA) is 122 Å². The lowest BCUT2D eigenvalue weighted by Crippen LogP contribution is -2.39. The van der Waals surface area contributed by atoms with Crippen molar-refractivity contribution in [3.8, 4) is 0 Å². The smallest absolute Gasteiger partial charge is 0.334 e. The predicted octanol–water partition coefficient (Wildman–Crippen LogP) is 0.724. The number of amides is 1. The Bertz CT molecular complexity index is 897. The molecule has 0 radical (unpaired) electrons. The van der Waals surface area contributed by atoms with Crippen LogP contribution in [-0.4, -0.2) is 51.7 Å². The van der Waals surface area contributed by atoms with E-state index in [-0.39, 0.29) is 24.4 Å². The van der Waals surface area contributed by atoms with Gasteiger partial charge >= 0.3 is 5.97 Å². The molecule has 1 amide bonds. The molecule has 0 aliphatic heterocycles. The van der Waals surface area contributed by atoms with E-state index in [9.17, 15) is 18.0 Å². The van der Waals surface area contributed by atoms with Gasteiger partial charge in [-0.1, -0.05) is 30.3 Å². The fourth-order valence-corrected chi connectivity index (χ4v) is 3.35. The van der Waals surface area contributed by atoms with Crippen LogP contribution in [-0.2, 0) is 24.3 Å². The van der Waals surface area contributed by atoms with Gasteiger partial charge in [0.2, 0.25) is 15.9 Å². The summed E-state index contributed by atoms with van der Waals surface area (Å²) in [6.45, 7) is -0.298. The number of ether oxygens (including phenoxy) is 1. The number of methoxy groups -OCH3 is 1. The second-order valence-electron chi connectivity index (χ2n) is 5.52. The number of carboxylic acid groups (broad SMARTS) is 1. The fourth-order valence-electron chi connectivity index (χ4n) is 2.28. The molecule has 8 nitrogen and oxygen atoms in total. The third-order valence-corrected chi connectivity index (χ3v) is 5.18. The lowest BCUT2D eigenvalue weighted by atomic mass is 10.1. The zero-order valence-electron chi connectivity index (χ0n) is 14.1. The molecule has 9 heteroatoms. The molecule has 140 valence electrons. The number of sulfonamides is 1. The standard InChI is InChI=1S/C17H20N2O6S/c1-25-15(17(21)22)11-18-16(20)8-9-19-26(23,24)14-7-6-12-4-2-3-5-13(12)10-14/h2-7,10,15,19H,8-9,11H2,1H3,(H,18,20)(H,21,22). The molecule has 0 spiro atoms. The lowest BCUT2D eigenvalue weighted by molar-refractivity contribution is -0.148. The minimum Gasteiger partial charge on any atom is -0.479 e. The number of aliphatic carboxylic acids is 1. The van der Waals surface area contributed by atoms with Gasteiger partial charge in [-0.05, 0) is 22.9 Å². The van der Waals surface area contributed by atoms with Crippen LogP contribution in [0.1, 0.15) is 6.42 Å². The maximum absolute atomic E-state index is 12.3. The SMILES string of the molecule is COC(CNC(=O)CCNS(=O)(=O)c1ccc2ccccc2c1)C(=O)O. The summed E-state index contributed by atoms with van der Waals surface area (Å²) in [5.74, 6) is -1.67. The average molecular weight is 380 g/mol. The van der Waals surface area contributed by atoms with Crippen LogP contribution >= 0.6 is 0 Å². The highest BCUT2D eigenvalue weighted by Crippen LogP contribution is 2.18. The molecule has 2 rings (SSSR count). The Morgan fingerprint density at radius 2 is 1.85 bits per heavy atom. The van der Waals surface area contributed by atoms with E-state index < -0.39 is 28.0 Å². The summed E-state index contributed by atoms with van der Waals surface area (Å²) in [7, 11) is -2.52. The second-order valence-corrected chi connectivity index (χ2v) is 7.29. The Kier molecular flexibility index (Phi) is 6.67. The largest absolute Gasteiger partial charge is 0.479 e. The first-order chi connectivity index (χ1) is 12.3. The molecule has 3 N–H and O–H groups in total. The zero-order chi connectivity index (χ0) is 19.2. The molecule has 0 saturated carbocycles. The number of rotatable bonds is 9. The van der Waals surface area contributed by atoms with Crippen LogP contribution in [0.5, 0.6) is 0 Å². The van der Waals surface area contributed by atoms with Crippen molar-refractivity contribution in [3.63, 3.8) is 0 Å². The summed E-state index contributed by atoms with van der Waals surface area (Å²) in [5, 5.41) is 12.9. The Labute approximate surface area is 151 Å². The molecule has 26 heavy (non-hydrogen) atoms. The third-order valence-electron chi connectivity index (χ3n) is 3.72. The molecule has 1 atom stereocenters. The molecule has 0 aliphatic rings. The van der Waals surface area contributed by atoms with E-state index in [0.717, 1.165) is 10.8 Å². The van der Waals surface area contributed by atoms with E-state index >= 15 is 0 Å². The predicted molar refractivity (Wildman–Crippen MR) is 95.2 cm³/mol. The summed E-state index contributed by atoms with van der Waals surface area (Å²) < 4.78 is 31.7. The van der Waals surface area contributed by atoms with Gasteiger partial charge in [-0.3, -0.25) is 4.79 Å². The summed E-state index contributed by atoms with van der Waals surface area (Å²) >= 11 is 0. The van der Waals surface area contributed by atoms with Crippen LogP contribution in [0.25, 0.3) is 10.8 Å². The van der Waals surface area contributed by atoms with Gasteiger partial charge in [-0.15, -0.1) is 0 Å². The van der Waals surface area contributed by atoms with E-state index in [2.05, 4.69) is 14.8 Å². The third kappa shape index (κ3) is 5.25. The molecule has 0 saturated heterocycles. The van der Waals surface area contributed by atoms with E-state index in [1.165, 1.54) is 13.2 Å². The Morgan fingerprint density at radius 1 is 1.15 bits per heavy atom. The van der Waals surface area contributed by atoms with Crippen molar-refractivity contribution in [1.82, 2.24) is 10.0 Å². The van der Waals surface area contributed by atoms with Crippen LogP contribution in [0.15, 0.2) is 47.4 Å². The molecule has 2 aromatic carbocycles. The number of nitrogens with one attached hydrogen (secondary N) is 2. The van der Waals surface area contributed by atoms with E-state index in [1.54, 1.807) is 12.1 Å². The quantitative estimate of drug-likeness (QED) is 0.589. The van der Waals surface area contributed by atoms with Gasteiger partial charge in [0.25, 0.3) is 0 Å². The molecule has 0 fully saturated rings. The number of fused-ring (bicyclic) bond motifs is 1. The zero-order valence-corrected chi connectivity index (χ0v) is 15.0.